The largest absolute Gasteiger partial charge is 0.497 e. The quantitative estimate of drug-likeness (QED) is 0.561. The summed E-state index contributed by atoms with van der Waals surface area (Å²) in [4.78, 5) is 29.9. The summed E-state index contributed by atoms with van der Waals surface area (Å²) >= 11 is 0. The molecule has 2 aliphatic heterocycles. The van der Waals surface area contributed by atoms with Gasteiger partial charge in [-0.1, -0.05) is 0 Å². The van der Waals surface area contributed by atoms with Crippen LogP contribution in [-0.4, -0.2) is 71.5 Å². The van der Waals surface area contributed by atoms with Crippen LogP contribution in [0.4, 0.5) is 11.4 Å². The molecule has 3 heterocycles. The number of nitrogens with zero attached hydrogens (tertiary/aromatic N) is 4. The van der Waals surface area contributed by atoms with Gasteiger partial charge in [0, 0.05) is 50.5 Å². The van der Waals surface area contributed by atoms with Crippen molar-refractivity contribution in [2.24, 2.45) is 7.05 Å². The molecule has 1 atom stereocenters. The Morgan fingerprint density at radius 1 is 1.11 bits per heavy atom. The zero-order valence-corrected chi connectivity index (χ0v) is 20.7. The third-order valence-electron chi connectivity index (χ3n) is 6.85. The number of fused-ring (bicyclic) bond motifs is 1. The number of aryl methyl sites for hydroxylation is 2. The lowest BCUT2D eigenvalue weighted by atomic mass is 9.99. The molecule has 10 heteroatoms. The fraction of sp³-hybridized carbons (Fsp3) is 0.385. The van der Waals surface area contributed by atoms with Gasteiger partial charge in [-0.15, -0.1) is 0 Å². The van der Waals surface area contributed by atoms with E-state index in [0.717, 1.165) is 48.9 Å². The SMILES string of the molecule is COc1cc2c(c(N3CCN(C)CC3)c1)OC(C(=O)Nc1ccc(-n3c(O)cn(C)c3=O)cc1)CC2. The summed E-state index contributed by atoms with van der Waals surface area (Å²) in [7, 11) is 5.35. The molecule has 2 aliphatic rings. The van der Waals surface area contributed by atoms with E-state index in [2.05, 4.69) is 22.2 Å². The van der Waals surface area contributed by atoms with Crippen molar-refractivity contribution in [1.29, 1.82) is 0 Å². The van der Waals surface area contributed by atoms with E-state index in [1.807, 2.05) is 12.1 Å². The fourth-order valence-electron chi connectivity index (χ4n) is 4.74. The van der Waals surface area contributed by atoms with E-state index in [1.165, 1.54) is 15.3 Å². The molecule has 2 aromatic carbocycles. The fourth-order valence-corrected chi connectivity index (χ4v) is 4.74. The third kappa shape index (κ3) is 4.51. The van der Waals surface area contributed by atoms with Crippen molar-refractivity contribution in [3.63, 3.8) is 0 Å². The van der Waals surface area contributed by atoms with Gasteiger partial charge in [0.2, 0.25) is 5.88 Å². The number of imidazole rings is 1. The Balaban J connectivity index is 1.32. The van der Waals surface area contributed by atoms with Crippen LogP contribution >= 0.6 is 0 Å². The van der Waals surface area contributed by atoms with Gasteiger partial charge in [0.15, 0.2) is 6.10 Å². The number of anilines is 2. The first-order valence-electron chi connectivity index (χ1n) is 12.0. The van der Waals surface area contributed by atoms with Crippen LogP contribution in [0.5, 0.6) is 17.4 Å². The summed E-state index contributed by atoms with van der Waals surface area (Å²) in [5, 5.41) is 13.0. The summed E-state index contributed by atoms with van der Waals surface area (Å²) in [5.41, 5.74) is 2.74. The second-order valence-corrected chi connectivity index (χ2v) is 9.32. The first-order chi connectivity index (χ1) is 17.3. The Morgan fingerprint density at radius 3 is 2.47 bits per heavy atom. The first kappa shape index (κ1) is 23.8. The molecule has 0 spiro atoms. The molecule has 1 saturated heterocycles. The second kappa shape index (κ2) is 9.62. The first-order valence-corrected chi connectivity index (χ1v) is 12.0. The van der Waals surface area contributed by atoms with Crippen molar-refractivity contribution in [2.75, 3.05) is 50.6 Å². The highest BCUT2D eigenvalue weighted by atomic mass is 16.5. The summed E-state index contributed by atoms with van der Waals surface area (Å²) < 4.78 is 14.3. The number of hydrogen-bond acceptors (Lipinski definition) is 7. The maximum absolute atomic E-state index is 13.1. The van der Waals surface area contributed by atoms with Gasteiger partial charge in [-0.3, -0.25) is 9.36 Å². The van der Waals surface area contributed by atoms with Crippen molar-refractivity contribution >= 4 is 17.3 Å². The minimum atomic E-state index is -0.627. The number of carbonyl (C=O) groups excluding carboxylic acids is 1. The van der Waals surface area contributed by atoms with Gasteiger partial charge < -0.3 is 29.7 Å². The van der Waals surface area contributed by atoms with Crippen LogP contribution in [0, 0.1) is 0 Å². The lowest BCUT2D eigenvalue weighted by Gasteiger charge is -2.37. The lowest BCUT2D eigenvalue weighted by molar-refractivity contribution is -0.123. The smallest absolute Gasteiger partial charge is 0.335 e. The summed E-state index contributed by atoms with van der Waals surface area (Å²) in [6.45, 7) is 3.67. The second-order valence-electron chi connectivity index (χ2n) is 9.32. The molecular weight excluding hydrogens is 462 g/mol. The molecule has 1 aromatic heterocycles. The number of carbonyl (C=O) groups is 1. The van der Waals surface area contributed by atoms with Gasteiger partial charge >= 0.3 is 5.69 Å². The molecule has 36 heavy (non-hydrogen) atoms. The van der Waals surface area contributed by atoms with Gasteiger partial charge in [0.25, 0.3) is 5.91 Å². The Labute approximate surface area is 209 Å². The van der Waals surface area contributed by atoms with Crippen molar-refractivity contribution in [3.8, 4) is 23.1 Å². The zero-order valence-electron chi connectivity index (χ0n) is 20.7. The molecule has 1 fully saturated rings. The monoisotopic (exact) mass is 493 g/mol. The Kier molecular flexibility index (Phi) is 6.36. The highest BCUT2D eigenvalue weighted by molar-refractivity contribution is 5.94. The molecule has 1 unspecified atom stereocenters. The molecule has 0 aliphatic carbocycles. The van der Waals surface area contributed by atoms with Gasteiger partial charge in [0.05, 0.1) is 24.7 Å². The number of nitrogens with one attached hydrogen (secondary N) is 1. The van der Waals surface area contributed by atoms with Crippen molar-refractivity contribution in [2.45, 2.75) is 18.9 Å². The summed E-state index contributed by atoms with van der Waals surface area (Å²) in [6.07, 6.45) is 1.99. The van der Waals surface area contributed by atoms with E-state index >= 15 is 0 Å². The van der Waals surface area contributed by atoms with Crippen LogP contribution < -0.4 is 25.4 Å². The molecule has 190 valence electrons. The minimum absolute atomic E-state index is 0.152. The molecular formula is C26H31N5O5. The van der Waals surface area contributed by atoms with E-state index in [9.17, 15) is 14.7 Å². The van der Waals surface area contributed by atoms with E-state index in [4.69, 9.17) is 9.47 Å². The maximum Gasteiger partial charge on any atom is 0.335 e. The minimum Gasteiger partial charge on any atom is -0.497 e. The molecule has 10 nitrogen and oxygen atoms in total. The predicted octanol–water partition coefficient (Wildman–Crippen LogP) is 1.97. The standard InChI is InChI=1S/C26H31N5O5/c1-28-10-12-30(13-11-28)21-15-20(35-3)14-17-4-9-22(36-24(17)21)25(33)27-18-5-7-19(8-6-18)31-23(32)16-29(2)26(31)34/h5-8,14-16,22,32H,4,9-13H2,1-3H3,(H,27,33). The number of hydrogen-bond donors (Lipinski definition) is 2. The number of rotatable bonds is 5. The van der Waals surface area contributed by atoms with E-state index in [1.54, 1.807) is 38.4 Å². The number of amides is 1. The van der Waals surface area contributed by atoms with Gasteiger partial charge in [-0.05, 0) is 50.2 Å². The van der Waals surface area contributed by atoms with Crippen LogP contribution in [0.1, 0.15) is 12.0 Å². The van der Waals surface area contributed by atoms with Crippen molar-refractivity contribution in [3.05, 3.63) is 58.6 Å². The van der Waals surface area contributed by atoms with Crippen LogP contribution in [-0.2, 0) is 18.3 Å². The number of ether oxygens (including phenoxy) is 2. The number of benzene rings is 2. The van der Waals surface area contributed by atoms with Crippen LogP contribution in [0.3, 0.4) is 0 Å². The average molecular weight is 494 g/mol. The average Bonchev–Trinajstić information content (AvgIpc) is 3.14. The normalized spacial score (nSPS) is 17.9. The topological polar surface area (TPSA) is 101 Å². The Morgan fingerprint density at radius 2 is 1.83 bits per heavy atom. The number of aromatic hydroxyl groups is 1. The summed E-state index contributed by atoms with van der Waals surface area (Å²) in [5.74, 6) is 1.16. The van der Waals surface area contributed by atoms with Crippen molar-refractivity contribution in [1.82, 2.24) is 14.0 Å². The molecule has 5 rings (SSSR count). The molecule has 1 amide bonds. The highest BCUT2D eigenvalue weighted by Crippen LogP contribution is 2.41. The number of methoxy groups -OCH3 is 1. The molecule has 0 bridgehead atoms. The van der Waals surface area contributed by atoms with E-state index in [0.29, 0.717) is 24.2 Å². The van der Waals surface area contributed by atoms with Crippen LogP contribution in [0.2, 0.25) is 0 Å². The summed E-state index contributed by atoms with van der Waals surface area (Å²) in [6, 6.07) is 10.7. The van der Waals surface area contributed by atoms with Crippen molar-refractivity contribution < 1.29 is 19.4 Å². The molecule has 0 saturated carbocycles. The third-order valence-corrected chi connectivity index (χ3v) is 6.85. The van der Waals surface area contributed by atoms with E-state index < -0.39 is 6.10 Å². The molecule has 3 aromatic rings. The number of likely N-dealkylation sites (N-methyl/N-ethyl adjacent to an activating group) is 1. The van der Waals surface area contributed by atoms with Gasteiger partial charge in [-0.25, -0.2) is 9.36 Å². The Hall–Kier alpha value is -3.92. The van der Waals surface area contributed by atoms with Crippen LogP contribution in [0.25, 0.3) is 5.69 Å². The van der Waals surface area contributed by atoms with Gasteiger partial charge in [0.1, 0.15) is 11.5 Å². The number of piperazine rings is 1. The molecule has 0 radical (unpaired) electrons. The predicted molar refractivity (Wildman–Crippen MR) is 137 cm³/mol. The number of aromatic nitrogens is 2. The van der Waals surface area contributed by atoms with E-state index in [-0.39, 0.29) is 17.5 Å². The maximum atomic E-state index is 13.1. The molecule has 2 N–H and O–H groups in total. The lowest BCUT2D eigenvalue weighted by Crippen LogP contribution is -2.45. The zero-order chi connectivity index (χ0) is 25.4. The highest BCUT2D eigenvalue weighted by Gasteiger charge is 2.31. The Bertz CT molecular complexity index is 1320. The van der Waals surface area contributed by atoms with Crippen LogP contribution in [0.15, 0.2) is 47.4 Å². The van der Waals surface area contributed by atoms with Gasteiger partial charge in [-0.2, -0.15) is 0 Å².